The van der Waals surface area contributed by atoms with Gasteiger partial charge in [-0.1, -0.05) is 83.6 Å². The van der Waals surface area contributed by atoms with E-state index < -0.39 is 0 Å². The molecule has 0 amide bonds. The molecule has 6 rings (SSSR count). The maximum Gasteiger partial charge on any atom is 0.271 e. The molecular weight excluding hydrogens is 539 g/mol. The molecule has 1 atom stereocenters. The molecule has 2 heterocycles. The predicted molar refractivity (Wildman–Crippen MR) is 143 cm³/mol. The fourth-order valence-electron chi connectivity index (χ4n) is 4.80. The smallest absolute Gasteiger partial charge is 0.271 e. The van der Waals surface area contributed by atoms with Crippen molar-refractivity contribution in [2.24, 2.45) is 4.99 Å². The lowest BCUT2D eigenvalue weighted by Gasteiger charge is -2.30. The molecule has 1 unspecified atom stereocenters. The SMILES string of the molecule is Cc1ccc(C2C3=C(N=c4sc(=Cc5ccccc5I)c(=O)n42)c2ccccc2CC3)cc1. The van der Waals surface area contributed by atoms with Crippen molar-refractivity contribution in [1.29, 1.82) is 0 Å². The number of allylic oxidation sites excluding steroid dienone is 1. The summed E-state index contributed by atoms with van der Waals surface area (Å²) in [5, 5.41) is 0. The highest BCUT2D eigenvalue weighted by atomic mass is 127. The van der Waals surface area contributed by atoms with E-state index in [9.17, 15) is 4.79 Å². The number of aromatic nitrogens is 1. The van der Waals surface area contributed by atoms with Crippen LogP contribution >= 0.6 is 33.9 Å². The Labute approximate surface area is 209 Å². The zero-order valence-electron chi connectivity index (χ0n) is 18.1. The molecule has 4 aromatic rings. The van der Waals surface area contributed by atoms with Crippen molar-refractivity contribution in [2.45, 2.75) is 25.8 Å². The zero-order chi connectivity index (χ0) is 22.5. The number of hydrogen-bond donors (Lipinski definition) is 0. The molecule has 0 radical (unpaired) electrons. The van der Waals surface area contributed by atoms with E-state index in [2.05, 4.69) is 90.2 Å². The second kappa shape index (κ2) is 8.22. The number of benzene rings is 3. The van der Waals surface area contributed by atoms with Gasteiger partial charge in [0.2, 0.25) is 0 Å². The van der Waals surface area contributed by atoms with Crippen LogP contribution in [0.2, 0.25) is 0 Å². The molecule has 0 fully saturated rings. The molecular formula is C28H21IN2OS. The number of halogens is 1. The summed E-state index contributed by atoms with van der Waals surface area (Å²) in [5.41, 5.74) is 8.28. The standard InChI is InChI=1S/C28H21IN2OS/c1-17-10-12-19(13-11-17)26-22-15-14-18-6-2-4-8-21(18)25(22)30-28-31(26)27(32)24(33-28)16-20-7-3-5-9-23(20)29/h2-13,16,26H,14-15H2,1H3. The van der Waals surface area contributed by atoms with Gasteiger partial charge in [0.1, 0.15) is 0 Å². The molecule has 3 aromatic carbocycles. The summed E-state index contributed by atoms with van der Waals surface area (Å²) in [5.74, 6) is 0. The lowest BCUT2D eigenvalue weighted by Crippen LogP contribution is -2.38. The summed E-state index contributed by atoms with van der Waals surface area (Å²) in [6.07, 6.45) is 3.89. The van der Waals surface area contributed by atoms with Crippen molar-refractivity contribution in [3.8, 4) is 0 Å². The highest BCUT2D eigenvalue weighted by Crippen LogP contribution is 2.41. The van der Waals surface area contributed by atoms with Gasteiger partial charge >= 0.3 is 0 Å². The first-order chi connectivity index (χ1) is 16.1. The van der Waals surface area contributed by atoms with Gasteiger partial charge in [-0.15, -0.1) is 0 Å². The number of nitrogens with zero attached hydrogens (tertiary/aromatic N) is 2. The highest BCUT2D eigenvalue weighted by Gasteiger charge is 2.32. The van der Waals surface area contributed by atoms with Crippen molar-refractivity contribution in [1.82, 2.24) is 4.57 Å². The van der Waals surface area contributed by atoms with E-state index in [0.717, 1.165) is 42.6 Å². The van der Waals surface area contributed by atoms with Gasteiger partial charge in [0.25, 0.3) is 5.56 Å². The molecule has 1 aliphatic heterocycles. The Balaban J connectivity index is 1.64. The monoisotopic (exact) mass is 560 g/mol. The Morgan fingerprint density at radius 1 is 1.00 bits per heavy atom. The lowest BCUT2D eigenvalue weighted by molar-refractivity contribution is 0.585. The molecule has 1 aliphatic carbocycles. The molecule has 5 heteroatoms. The van der Waals surface area contributed by atoms with E-state index in [4.69, 9.17) is 4.99 Å². The first-order valence-corrected chi connectivity index (χ1v) is 12.9. The van der Waals surface area contributed by atoms with E-state index in [-0.39, 0.29) is 11.6 Å². The predicted octanol–water partition coefficient (Wildman–Crippen LogP) is 5.23. The van der Waals surface area contributed by atoms with Crippen LogP contribution in [0.5, 0.6) is 0 Å². The normalized spacial score (nSPS) is 17.3. The fourth-order valence-corrected chi connectivity index (χ4v) is 6.34. The summed E-state index contributed by atoms with van der Waals surface area (Å²) >= 11 is 3.81. The fraction of sp³-hybridized carbons (Fsp3) is 0.143. The quantitative estimate of drug-likeness (QED) is 0.309. The van der Waals surface area contributed by atoms with Crippen molar-refractivity contribution in [3.05, 3.63) is 129 Å². The lowest BCUT2D eigenvalue weighted by atomic mass is 9.83. The summed E-state index contributed by atoms with van der Waals surface area (Å²) in [6, 6.07) is 25.2. The van der Waals surface area contributed by atoms with E-state index in [0.29, 0.717) is 0 Å². The van der Waals surface area contributed by atoms with Crippen LogP contribution in [0.25, 0.3) is 11.8 Å². The van der Waals surface area contributed by atoms with Gasteiger partial charge in [-0.2, -0.15) is 0 Å². The van der Waals surface area contributed by atoms with Crippen LogP contribution in [-0.2, 0) is 6.42 Å². The van der Waals surface area contributed by atoms with Crippen LogP contribution in [-0.4, -0.2) is 4.57 Å². The van der Waals surface area contributed by atoms with Crippen molar-refractivity contribution in [2.75, 3.05) is 0 Å². The van der Waals surface area contributed by atoms with Crippen LogP contribution in [0.15, 0.2) is 88.2 Å². The minimum atomic E-state index is -0.123. The number of rotatable bonds is 2. The van der Waals surface area contributed by atoms with Gasteiger partial charge < -0.3 is 0 Å². The van der Waals surface area contributed by atoms with Crippen LogP contribution in [0.3, 0.4) is 0 Å². The third-order valence-electron chi connectivity index (χ3n) is 6.46. The van der Waals surface area contributed by atoms with Crippen LogP contribution < -0.4 is 14.9 Å². The van der Waals surface area contributed by atoms with Crippen LogP contribution in [0.4, 0.5) is 0 Å². The van der Waals surface area contributed by atoms with Crippen LogP contribution in [0.1, 0.15) is 40.3 Å². The molecule has 1 aromatic heterocycles. The van der Waals surface area contributed by atoms with Crippen molar-refractivity contribution >= 4 is 45.7 Å². The first kappa shape index (κ1) is 20.8. The number of hydrogen-bond acceptors (Lipinski definition) is 3. The average Bonchev–Trinajstić information content (AvgIpc) is 3.14. The largest absolute Gasteiger partial charge is 0.272 e. The molecule has 3 nitrogen and oxygen atoms in total. The van der Waals surface area contributed by atoms with Gasteiger partial charge in [0.15, 0.2) is 4.80 Å². The summed E-state index contributed by atoms with van der Waals surface area (Å²) in [6.45, 7) is 2.10. The number of aryl methyl sites for hydroxylation is 2. The molecule has 0 saturated heterocycles. The summed E-state index contributed by atoms with van der Waals surface area (Å²) in [7, 11) is 0. The maximum absolute atomic E-state index is 13.8. The van der Waals surface area contributed by atoms with Crippen molar-refractivity contribution in [3.63, 3.8) is 0 Å². The average molecular weight is 560 g/mol. The minimum Gasteiger partial charge on any atom is -0.272 e. The summed E-state index contributed by atoms with van der Waals surface area (Å²) in [4.78, 5) is 19.6. The van der Waals surface area contributed by atoms with Crippen molar-refractivity contribution < 1.29 is 0 Å². The molecule has 33 heavy (non-hydrogen) atoms. The van der Waals surface area contributed by atoms with Gasteiger partial charge in [-0.3, -0.25) is 9.36 Å². The van der Waals surface area contributed by atoms with E-state index >= 15 is 0 Å². The van der Waals surface area contributed by atoms with E-state index in [1.807, 2.05) is 22.8 Å². The molecule has 0 N–H and O–H groups in total. The molecule has 0 bridgehead atoms. The highest BCUT2D eigenvalue weighted by molar-refractivity contribution is 14.1. The topological polar surface area (TPSA) is 34.4 Å². The number of fused-ring (bicyclic) bond motifs is 3. The summed E-state index contributed by atoms with van der Waals surface area (Å²) < 4.78 is 3.77. The van der Waals surface area contributed by atoms with E-state index in [1.165, 1.54) is 33.6 Å². The Hall–Kier alpha value is -2.77. The second-order valence-corrected chi connectivity index (χ2v) is 10.7. The molecule has 0 spiro atoms. The minimum absolute atomic E-state index is 0.0365. The van der Waals surface area contributed by atoms with Gasteiger partial charge in [-0.05, 0) is 76.8 Å². The Bertz CT molecular complexity index is 1610. The number of thiazole rings is 1. The van der Waals surface area contributed by atoms with Gasteiger partial charge in [-0.25, -0.2) is 4.99 Å². The zero-order valence-corrected chi connectivity index (χ0v) is 21.1. The molecule has 162 valence electrons. The third-order valence-corrected chi connectivity index (χ3v) is 8.42. The van der Waals surface area contributed by atoms with Crippen LogP contribution in [0, 0.1) is 10.5 Å². The molecule has 0 saturated carbocycles. The molecule has 2 aliphatic rings. The maximum atomic E-state index is 13.8. The first-order valence-electron chi connectivity index (χ1n) is 11.0. The van der Waals surface area contributed by atoms with E-state index in [1.54, 1.807) is 0 Å². The Morgan fingerprint density at radius 3 is 2.58 bits per heavy atom. The Morgan fingerprint density at radius 2 is 1.76 bits per heavy atom. The van der Waals surface area contributed by atoms with Gasteiger partial charge in [0, 0.05) is 9.13 Å². The van der Waals surface area contributed by atoms with Gasteiger partial charge in [0.05, 0.1) is 16.3 Å². The third kappa shape index (κ3) is 3.54. The second-order valence-electron chi connectivity index (χ2n) is 8.55. The Kier molecular flexibility index (Phi) is 5.18.